The van der Waals surface area contributed by atoms with Crippen LogP contribution in [0.2, 0.25) is 0 Å². The maximum atomic E-state index is 14.0. The van der Waals surface area contributed by atoms with Gasteiger partial charge in [-0.2, -0.15) is 0 Å². The predicted octanol–water partition coefficient (Wildman–Crippen LogP) is 3.46. The van der Waals surface area contributed by atoms with Crippen LogP contribution < -0.4 is 10.6 Å². The summed E-state index contributed by atoms with van der Waals surface area (Å²) in [5.74, 6) is -1.78. The molecule has 0 bridgehead atoms. The van der Waals surface area contributed by atoms with Crippen LogP contribution in [0.3, 0.4) is 0 Å². The third kappa shape index (κ3) is 3.83. The molecule has 25 heavy (non-hydrogen) atoms. The number of carbonyl (C=O) groups is 1. The van der Waals surface area contributed by atoms with E-state index in [1.54, 1.807) is 25.3 Å². The second kappa shape index (κ2) is 7.40. The molecule has 1 amide bonds. The number of nitrogens with one attached hydrogen (secondary N) is 2. The first-order valence-electron chi connectivity index (χ1n) is 7.75. The van der Waals surface area contributed by atoms with Crippen molar-refractivity contribution in [3.05, 3.63) is 53.6 Å². The molecule has 2 N–H and O–H groups in total. The molecule has 0 radical (unpaired) electrons. The Kier molecular flexibility index (Phi) is 5.04. The van der Waals surface area contributed by atoms with Gasteiger partial charge in [-0.3, -0.25) is 9.79 Å². The Morgan fingerprint density at radius 1 is 1.28 bits per heavy atom. The van der Waals surface area contributed by atoms with Gasteiger partial charge in [-0.25, -0.2) is 8.78 Å². The van der Waals surface area contributed by atoms with Gasteiger partial charge in [-0.05, 0) is 29.8 Å². The van der Waals surface area contributed by atoms with Crippen LogP contribution in [0.15, 0.2) is 41.4 Å². The van der Waals surface area contributed by atoms with Gasteiger partial charge in [0.2, 0.25) is 5.91 Å². The van der Waals surface area contributed by atoms with Crippen molar-refractivity contribution in [1.29, 1.82) is 0 Å². The van der Waals surface area contributed by atoms with E-state index in [2.05, 4.69) is 15.6 Å². The molecule has 0 saturated carbocycles. The predicted molar refractivity (Wildman–Crippen MR) is 92.7 cm³/mol. The van der Waals surface area contributed by atoms with Crippen LogP contribution in [0.5, 0.6) is 0 Å². The topological polar surface area (TPSA) is 62.7 Å². The Bertz CT molecular complexity index is 824. The quantitative estimate of drug-likeness (QED) is 0.622. The van der Waals surface area contributed by atoms with Gasteiger partial charge in [0.05, 0.1) is 18.0 Å². The van der Waals surface area contributed by atoms with E-state index < -0.39 is 17.6 Å². The van der Waals surface area contributed by atoms with Crippen molar-refractivity contribution in [2.75, 3.05) is 30.9 Å². The number of rotatable bonds is 6. The van der Waals surface area contributed by atoms with Crippen LogP contribution in [0.4, 0.5) is 25.8 Å². The van der Waals surface area contributed by atoms with Gasteiger partial charge in [0.15, 0.2) is 0 Å². The van der Waals surface area contributed by atoms with E-state index >= 15 is 0 Å². The van der Waals surface area contributed by atoms with Crippen molar-refractivity contribution in [3.8, 4) is 0 Å². The van der Waals surface area contributed by atoms with Gasteiger partial charge in [0, 0.05) is 31.6 Å². The first-order chi connectivity index (χ1) is 12.1. The highest BCUT2D eigenvalue weighted by Gasteiger charge is 2.29. The second-order valence-electron chi connectivity index (χ2n) is 5.56. The minimum absolute atomic E-state index is 0.289. The highest BCUT2D eigenvalue weighted by atomic mass is 19.1. The third-order valence-electron chi connectivity index (χ3n) is 3.84. The Balaban J connectivity index is 1.74. The van der Waals surface area contributed by atoms with Crippen LogP contribution in [0.1, 0.15) is 11.5 Å². The second-order valence-corrected chi connectivity index (χ2v) is 5.56. The van der Waals surface area contributed by atoms with Crippen molar-refractivity contribution >= 4 is 29.2 Å². The number of carbonyl (C=O) groups excluding carboxylic acids is 1. The molecular formula is C18H17F2N3O2. The number of benzene rings is 2. The van der Waals surface area contributed by atoms with E-state index in [1.807, 2.05) is 0 Å². The summed E-state index contributed by atoms with van der Waals surface area (Å²) in [6.45, 7) is 0.960. The van der Waals surface area contributed by atoms with Crippen molar-refractivity contribution in [2.24, 2.45) is 4.99 Å². The van der Waals surface area contributed by atoms with Crippen LogP contribution >= 0.6 is 0 Å². The van der Waals surface area contributed by atoms with Gasteiger partial charge in [0.25, 0.3) is 0 Å². The fourth-order valence-corrected chi connectivity index (χ4v) is 2.58. The van der Waals surface area contributed by atoms with Crippen LogP contribution in [-0.2, 0) is 9.53 Å². The number of fused-ring (bicyclic) bond motifs is 1. The maximum absolute atomic E-state index is 14.0. The van der Waals surface area contributed by atoms with Crippen molar-refractivity contribution in [2.45, 2.75) is 5.92 Å². The van der Waals surface area contributed by atoms with Gasteiger partial charge in [-0.15, -0.1) is 0 Å². The van der Waals surface area contributed by atoms with Crippen LogP contribution in [0, 0.1) is 11.6 Å². The highest BCUT2D eigenvalue weighted by molar-refractivity contribution is 6.12. The molecule has 5 nitrogen and oxygen atoms in total. The SMILES string of the molecule is COCCNc1ccc(N=CC2C(=O)Nc3cc(F)ccc32)cc1F. The average molecular weight is 345 g/mol. The Hall–Kier alpha value is -2.80. The number of halogens is 2. The molecular weight excluding hydrogens is 328 g/mol. The number of methoxy groups -OCH3 is 1. The van der Waals surface area contributed by atoms with Gasteiger partial charge in [0.1, 0.15) is 17.6 Å². The van der Waals surface area contributed by atoms with E-state index in [9.17, 15) is 13.6 Å². The van der Waals surface area contributed by atoms with Crippen molar-refractivity contribution in [1.82, 2.24) is 0 Å². The number of ether oxygens (including phenoxy) is 1. The molecule has 0 fully saturated rings. The van der Waals surface area contributed by atoms with Gasteiger partial charge in [-0.1, -0.05) is 6.07 Å². The summed E-state index contributed by atoms with van der Waals surface area (Å²) in [5.41, 5.74) is 1.83. The summed E-state index contributed by atoms with van der Waals surface area (Å²) in [7, 11) is 1.57. The fraction of sp³-hybridized carbons (Fsp3) is 0.222. The Morgan fingerprint density at radius 3 is 2.88 bits per heavy atom. The summed E-state index contributed by atoms with van der Waals surface area (Å²) in [6.07, 6.45) is 1.44. The van der Waals surface area contributed by atoms with E-state index in [-0.39, 0.29) is 5.91 Å². The normalized spacial score (nSPS) is 16.1. The van der Waals surface area contributed by atoms with Crippen molar-refractivity contribution in [3.63, 3.8) is 0 Å². The summed E-state index contributed by atoms with van der Waals surface area (Å²) in [6, 6.07) is 8.61. The third-order valence-corrected chi connectivity index (χ3v) is 3.84. The van der Waals surface area contributed by atoms with Gasteiger partial charge >= 0.3 is 0 Å². The molecule has 0 aromatic heterocycles. The molecule has 3 rings (SSSR count). The summed E-state index contributed by atoms with van der Waals surface area (Å²) in [5, 5.41) is 5.52. The number of amides is 1. The van der Waals surface area contributed by atoms with E-state index in [4.69, 9.17) is 4.74 Å². The van der Waals surface area contributed by atoms with E-state index in [0.717, 1.165) is 0 Å². The zero-order valence-electron chi connectivity index (χ0n) is 13.6. The molecule has 2 aromatic rings. The zero-order chi connectivity index (χ0) is 17.8. The minimum Gasteiger partial charge on any atom is -0.383 e. The van der Waals surface area contributed by atoms with E-state index in [0.29, 0.717) is 35.8 Å². The number of hydrogen-bond acceptors (Lipinski definition) is 4. The molecule has 1 unspecified atom stereocenters. The lowest BCUT2D eigenvalue weighted by molar-refractivity contribution is -0.115. The molecule has 0 aliphatic carbocycles. The lowest BCUT2D eigenvalue weighted by Crippen LogP contribution is -2.12. The Labute approximate surface area is 143 Å². The lowest BCUT2D eigenvalue weighted by Gasteiger charge is -2.07. The molecule has 2 aromatic carbocycles. The molecule has 1 aliphatic heterocycles. The maximum Gasteiger partial charge on any atom is 0.237 e. The summed E-state index contributed by atoms with van der Waals surface area (Å²) in [4.78, 5) is 16.2. The standard InChI is InChI=1S/C18H17F2N3O2/c1-25-7-6-21-16-5-3-12(9-15(16)20)22-10-14-13-4-2-11(19)8-17(13)23-18(14)24/h2-5,8-10,14,21H,6-7H2,1H3,(H,23,24). The molecule has 1 atom stereocenters. The number of aliphatic imine (C=N–C) groups is 1. The van der Waals surface area contributed by atoms with Crippen LogP contribution in [0.25, 0.3) is 0 Å². The zero-order valence-corrected chi connectivity index (χ0v) is 13.6. The first-order valence-corrected chi connectivity index (χ1v) is 7.75. The smallest absolute Gasteiger partial charge is 0.237 e. The summed E-state index contributed by atoms with van der Waals surface area (Å²) >= 11 is 0. The molecule has 1 heterocycles. The Morgan fingerprint density at radius 2 is 2.12 bits per heavy atom. The highest BCUT2D eigenvalue weighted by Crippen LogP contribution is 2.32. The minimum atomic E-state index is -0.627. The number of anilines is 2. The first kappa shape index (κ1) is 17.0. The lowest BCUT2D eigenvalue weighted by atomic mass is 10.0. The number of hydrogen-bond donors (Lipinski definition) is 2. The molecule has 7 heteroatoms. The van der Waals surface area contributed by atoms with Crippen molar-refractivity contribution < 1.29 is 18.3 Å². The van der Waals surface area contributed by atoms with Gasteiger partial charge < -0.3 is 15.4 Å². The van der Waals surface area contributed by atoms with Crippen LogP contribution in [-0.4, -0.2) is 32.4 Å². The monoisotopic (exact) mass is 345 g/mol. The molecule has 1 aliphatic rings. The summed E-state index contributed by atoms with van der Waals surface area (Å²) < 4.78 is 32.2. The molecule has 0 spiro atoms. The largest absolute Gasteiger partial charge is 0.383 e. The fourth-order valence-electron chi connectivity index (χ4n) is 2.58. The average Bonchev–Trinajstić information content (AvgIpc) is 2.89. The molecule has 0 saturated heterocycles. The molecule has 130 valence electrons. The van der Waals surface area contributed by atoms with E-state index in [1.165, 1.54) is 24.4 Å². The number of nitrogens with zero attached hydrogens (tertiary/aromatic N) is 1.